The first kappa shape index (κ1) is 13.1. The van der Waals surface area contributed by atoms with E-state index in [0.29, 0.717) is 21.4 Å². The van der Waals surface area contributed by atoms with Gasteiger partial charge in [0.15, 0.2) is 0 Å². The smallest absolute Gasteiger partial charge is 0.144 e. The van der Waals surface area contributed by atoms with Gasteiger partial charge in [0.05, 0.1) is 6.42 Å². The van der Waals surface area contributed by atoms with Crippen LogP contribution in [0.25, 0.3) is 0 Å². The first-order chi connectivity index (χ1) is 8.58. The molecule has 1 aromatic carbocycles. The number of halogens is 2. The Hall–Kier alpha value is -1.39. The van der Waals surface area contributed by atoms with E-state index >= 15 is 0 Å². The molecule has 0 spiro atoms. The number of ketones is 1. The molecule has 0 bridgehead atoms. The molecule has 0 saturated carbocycles. The molecule has 2 aromatic rings. The van der Waals surface area contributed by atoms with Crippen LogP contribution in [0.3, 0.4) is 0 Å². The maximum atomic E-state index is 11.9. The maximum Gasteiger partial charge on any atom is 0.144 e. The van der Waals surface area contributed by atoms with Gasteiger partial charge in [-0.15, -0.1) is 0 Å². The van der Waals surface area contributed by atoms with Gasteiger partial charge in [-0.1, -0.05) is 29.3 Å². The lowest BCUT2D eigenvalue weighted by Crippen LogP contribution is -2.11. The second-order valence-electron chi connectivity index (χ2n) is 3.89. The highest BCUT2D eigenvalue weighted by atomic mass is 35.5. The highest BCUT2D eigenvalue weighted by Crippen LogP contribution is 2.25. The van der Waals surface area contributed by atoms with Crippen molar-refractivity contribution >= 4 is 29.0 Å². The molecule has 0 N–H and O–H groups in total. The number of carbonyl (C=O) groups excluding carboxylic acids is 1. The second kappa shape index (κ2) is 5.50. The van der Waals surface area contributed by atoms with Gasteiger partial charge < -0.3 is 0 Å². The number of Topliss-reactive ketones (excluding diaryl/α,β-unsaturated/α-hetero) is 1. The third kappa shape index (κ3) is 2.89. The summed E-state index contributed by atoms with van der Waals surface area (Å²) in [6, 6.07) is 5.19. The van der Waals surface area contributed by atoms with Crippen molar-refractivity contribution in [1.82, 2.24) is 14.8 Å². The van der Waals surface area contributed by atoms with Crippen molar-refractivity contribution in [2.45, 2.75) is 12.8 Å². The predicted octanol–water partition coefficient (Wildman–Crippen LogP) is 2.48. The Morgan fingerprint density at radius 3 is 2.50 bits per heavy atom. The van der Waals surface area contributed by atoms with E-state index in [4.69, 9.17) is 23.2 Å². The molecule has 0 aliphatic heterocycles. The van der Waals surface area contributed by atoms with Crippen LogP contribution in [0.2, 0.25) is 10.0 Å². The van der Waals surface area contributed by atoms with Crippen LogP contribution in [0.4, 0.5) is 0 Å². The molecule has 0 fully saturated rings. The summed E-state index contributed by atoms with van der Waals surface area (Å²) in [6.07, 6.45) is 1.84. The molecule has 0 atom stereocenters. The molecule has 1 heterocycles. The molecule has 0 amide bonds. The topological polar surface area (TPSA) is 47.8 Å². The molecule has 94 valence electrons. The number of hydrogen-bond donors (Lipinski definition) is 0. The van der Waals surface area contributed by atoms with Crippen LogP contribution in [0, 0.1) is 0 Å². The molecular formula is C12H11Cl2N3O. The Bertz CT molecular complexity index is 560. The largest absolute Gasteiger partial charge is 0.299 e. The number of rotatable bonds is 4. The van der Waals surface area contributed by atoms with Gasteiger partial charge >= 0.3 is 0 Å². The molecule has 2 rings (SSSR count). The first-order valence-electron chi connectivity index (χ1n) is 5.35. The standard InChI is InChI=1S/C12H11Cl2N3O/c1-17-12(15-7-16-17)6-8(18)5-9-10(13)3-2-4-11(9)14/h2-4,7H,5-6H2,1H3. The van der Waals surface area contributed by atoms with Crippen molar-refractivity contribution in [2.75, 3.05) is 0 Å². The summed E-state index contributed by atoms with van der Waals surface area (Å²) < 4.78 is 1.58. The lowest BCUT2D eigenvalue weighted by atomic mass is 10.1. The fourth-order valence-corrected chi connectivity index (χ4v) is 2.15. The summed E-state index contributed by atoms with van der Waals surface area (Å²) in [5, 5.41) is 4.93. The average Bonchev–Trinajstić information content (AvgIpc) is 2.70. The number of nitrogens with zero attached hydrogens (tertiary/aromatic N) is 3. The van der Waals surface area contributed by atoms with Gasteiger partial charge in [-0.3, -0.25) is 9.48 Å². The lowest BCUT2D eigenvalue weighted by Gasteiger charge is -2.05. The van der Waals surface area contributed by atoms with Gasteiger partial charge in [0, 0.05) is 23.5 Å². The van der Waals surface area contributed by atoms with E-state index in [1.54, 1.807) is 29.9 Å². The number of aryl methyl sites for hydroxylation is 1. The lowest BCUT2D eigenvalue weighted by molar-refractivity contribution is -0.117. The fourth-order valence-electron chi connectivity index (χ4n) is 1.62. The molecule has 0 radical (unpaired) electrons. The number of hydrogen-bond acceptors (Lipinski definition) is 3. The van der Waals surface area contributed by atoms with Crippen molar-refractivity contribution in [3.05, 3.63) is 46.0 Å². The molecule has 4 nitrogen and oxygen atoms in total. The van der Waals surface area contributed by atoms with E-state index < -0.39 is 0 Å². The van der Waals surface area contributed by atoms with Crippen LogP contribution in [0.15, 0.2) is 24.5 Å². The van der Waals surface area contributed by atoms with E-state index in [1.807, 2.05) is 0 Å². The van der Waals surface area contributed by atoms with Crippen molar-refractivity contribution in [2.24, 2.45) is 7.05 Å². The first-order valence-corrected chi connectivity index (χ1v) is 6.11. The molecule has 0 aliphatic carbocycles. The molecule has 0 unspecified atom stereocenters. The van der Waals surface area contributed by atoms with E-state index in [9.17, 15) is 4.79 Å². The van der Waals surface area contributed by atoms with Crippen LogP contribution < -0.4 is 0 Å². The fraction of sp³-hybridized carbons (Fsp3) is 0.250. The monoisotopic (exact) mass is 283 g/mol. The van der Waals surface area contributed by atoms with E-state index in [0.717, 1.165) is 0 Å². The summed E-state index contributed by atoms with van der Waals surface area (Å²) in [7, 11) is 1.75. The summed E-state index contributed by atoms with van der Waals surface area (Å²) in [6.45, 7) is 0. The number of benzene rings is 1. The van der Waals surface area contributed by atoms with Crippen LogP contribution in [-0.2, 0) is 24.7 Å². The Labute approximate surface area is 115 Å². The third-order valence-corrected chi connectivity index (χ3v) is 3.30. The molecule has 0 aliphatic rings. The quantitative estimate of drug-likeness (QED) is 0.866. The average molecular weight is 284 g/mol. The Morgan fingerprint density at radius 1 is 1.28 bits per heavy atom. The molecule has 1 aromatic heterocycles. The minimum atomic E-state index is 0.00102. The van der Waals surface area contributed by atoms with Crippen LogP contribution in [0.5, 0.6) is 0 Å². The summed E-state index contributed by atoms with van der Waals surface area (Å²) in [4.78, 5) is 15.9. The van der Waals surface area contributed by atoms with Crippen molar-refractivity contribution in [3.8, 4) is 0 Å². The van der Waals surface area contributed by atoms with Gasteiger partial charge in [0.1, 0.15) is 17.9 Å². The second-order valence-corrected chi connectivity index (χ2v) is 4.71. The van der Waals surface area contributed by atoms with Crippen LogP contribution in [0.1, 0.15) is 11.4 Å². The van der Waals surface area contributed by atoms with E-state index in [-0.39, 0.29) is 18.6 Å². The Balaban J connectivity index is 2.10. The zero-order valence-corrected chi connectivity index (χ0v) is 11.2. The predicted molar refractivity (Wildman–Crippen MR) is 69.9 cm³/mol. The maximum absolute atomic E-state index is 11.9. The highest BCUT2D eigenvalue weighted by Gasteiger charge is 2.13. The van der Waals surface area contributed by atoms with Crippen molar-refractivity contribution in [3.63, 3.8) is 0 Å². The van der Waals surface area contributed by atoms with Gasteiger partial charge in [-0.25, -0.2) is 4.98 Å². The zero-order valence-electron chi connectivity index (χ0n) is 9.73. The Morgan fingerprint density at radius 2 is 1.94 bits per heavy atom. The number of carbonyl (C=O) groups is 1. The van der Waals surface area contributed by atoms with Gasteiger partial charge in [-0.2, -0.15) is 5.10 Å². The molecule has 6 heteroatoms. The number of aromatic nitrogens is 3. The normalized spacial score (nSPS) is 10.6. The minimum absolute atomic E-state index is 0.00102. The van der Waals surface area contributed by atoms with E-state index in [2.05, 4.69) is 10.1 Å². The highest BCUT2D eigenvalue weighted by molar-refractivity contribution is 6.36. The zero-order chi connectivity index (χ0) is 13.1. The molecule has 0 saturated heterocycles. The van der Waals surface area contributed by atoms with Gasteiger partial charge in [0.2, 0.25) is 0 Å². The van der Waals surface area contributed by atoms with Gasteiger partial charge in [-0.05, 0) is 17.7 Å². The summed E-state index contributed by atoms with van der Waals surface area (Å²) in [5.74, 6) is 0.629. The van der Waals surface area contributed by atoms with Gasteiger partial charge in [0.25, 0.3) is 0 Å². The molecular weight excluding hydrogens is 273 g/mol. The van der Waals surface area contributed by atoms with E-state index in [1.165, 1.54) is 6.33 Å². The van der Waals surface area contributed by atoms with Crippen LogP contribution >= 0.6 is 23.2 Å². The summed E-state index contributed by atoms with van der Waals surface area (Å²) in [5.41, 5.74) is 0.660. The Kier molecular flexibility index (Phi) is 3.99. The van der Waals surface area contributed by atoms with Crippen LogP contribution in [-0.4, -0.2) is 20.5 Å². The summed E-state index contributed by atoms with van der Waals surface area (Å²) >= 11 is 12.0. The van der Waals surface area contributed by atoms with Crippen molar-refractivity contribution in [1.29, 1.82) is 0 Å². The minimum Gasteiger partial charge on any atom is -0.299 e. The van der Waals surface area contributed by atoms with Crippen molar-refractivity contribution < 1.29 is 4.79 Å². The molecule has 18 heavy (non-hydrogen) atoms. The SMILES string of the molecule is Cn1ncnc1CC(=O)Cc1c(Cl)cccc1Cl. The third-order valence-electron chi connectivity index (χ3n) is 2.60.